The lowest BCUT2D eigenvalue weighted by Crippen LogP contribution is -1.98. The molecule has 0 amide bonds. The van der Waals surface area contributed by atoms with Crippen molar-refractivity contribution in [3.63, 3.8) is 0 Å². The third kappa shape index (κ3) is 3.57. The standard InChI is InChI=1S/C24H22O/c1-2-9-19(10-3-1)11-8-16-25-18-21-17-20-12-4-5-13-22(20)24-15-7-6-14-23(21)24/h1-7,9-10,12-15,17H,8,11,16,18H2. The van der Waals surface area contributed by atoms with Gasteiger partial charge in [-0.2, -0.15) is 0 Å². The molecule has 0 N–H and O–H groups in total. The maximum atomic E-state index is 6.00. The first-order valence-electron chi connectivity index (χ1n) is 8.93. The molecule has 4 aromatic carbocycles. The fraction of sp³-hybridized carbons (Fsp3) is 0.167. The molecule has 0 aliphatic heterocycles. The van der Waals surface area contributed by atoms with Gasteiger partial charge in [0.25, 0.3) is 0 Å². The summed E-state index contributed by atoms with van der Waals surface area (Å²) in [6, 6.07) is 30.1. The van der Waals surface area contributed by atoms with Crippen LogP contribution in [0.4, 0.5) is 0 Å². The van der Waals surface area contributed by atoms with E-state index in [1.54, 1.807) is 0 Å². The van der Waals surface area contributed by atoms with Gasteiger partial charge in [-0.15, -0.1) is 0 Å². The molecule has 124 valence electrons. The summed E-state index contributed by atoms with van der Waals surface area (Å²) in [6.45, 7) is 1.45. The Hall–Kier alpha value is -2.64. The predicted molar refractivity (Wildman–Crippen MR) is 106 cm³/mol. The minimum Gasteiger partial charge on any atom is -0.377 e. The highest BCUT2D eigenvalue weighted by Crippen LogP contribution is 2.29. The molecule has 0 unspecified atom stereocenters. The summed E-state index contributed by atoms with van der Waals surface area (Å²) in [7, 11) is 0. The van der Waals surface area contributed by atoms with Gasteiger partial charge in [0.05, 0.1) is 6.61 Å². The number of aryl methyl sites for hydroxylation is 1. The van der Waals surface area contributed by atoms with E-state index in [1.165, 1.54) is 32.7 Å². The first-order chi connectivity index (χ1) is 12.4. The fourth-order valence-corrected chi connectivity index (χ4v) is 3.46. The molecule has 0 aliphatic rings. The monoisotopic (exact) mass is 326 g/mol. The van der Waals surface area contributed by atoms with E-state index in [9.17, 15) is 0 Å². The summed E-state index contributed by atoms with van der Waals surface area (Å²) in [5, 5.41) is 5.20. The second-order valence-corrected chi connectivity index (χ2v) is 6.44. The Morgan fingerprint density at radius 1 is 0.640 bits per heavy atom. The molecule has 0 saturated heterocycles. The summed E-state index contributed by atoms with van der Waals surface area (Å²) in [4.78, 5) is 0. The zero-order chi connectivity index (χ0) is 16.9. The second kappa shape index (κ2) is 7.50. The maximum Gasteiger partial charge on any atom is 0.0723 e. The van der Waals surface area contributed by atoms with E-state index in [1.807, 2.05) is 0 Å². The Labute approximate surface area is 148 Å². The van der Waals surface area contributed by atoms with Crippen LogP contribution in [0.1, 0.15) is 17.5 Å². The van der Waals surface area contributed by atoms with Gasteiger partial charge in [0.1, 0.15) is 0 Å². The molecular formula is C24H22O. The number of hydrogen-bond donors (Lipinski definition) is 0. The van der Waals surface area contributed by atoms with Gasteiger partial charge < -0.3 is 4.74 Å². The molecule has 0 aliphatic carbocycles. The minimum atomic E-state index is 0.667. The van der Waals surface area contributed by atoms with Crippen molar-refractivity contribution in [2.45, 2.75) is 19.4 Å². The van der Waals surface area contributed by atoms with E-state index >= 15 is 0 Å². The molecule has 0 saturated carbocycles. The molecule has 4 rings (SSSR count). The van der Waals surface area contributed by atoms with E-state index in [0.717, 1.165) is 19.4 Å². The van der Waals surface area contributed by atoms with Crippen molar-refractivity contribution in [3.05, 3.63) is 96.1 Å². The van der Waals surface area contributed by atoms with Crippen molar-refractivity contribution < 1.29 is 4.74 Å². The third-order valence-corrected chi connectivity index (χ3v) is 4.71. The van der Waals surface area contributed by atoms with Gasteiger partial charge in [-0.25, -0.2) is 0 Å². The zero-order valence-corrected chi connectivity index (χ0v) is 14.3. The van der Waals surface area contributed by atoms with Crippen LogP contribution in [-0.4, -0.2) is 6.61 Å². The van der Waals surface area contributed by atoms with Crippen molar-refractivity contribution in [2.75, 3.05) is 6.61 Å². The van der Waals surface area contributed by atoms with Gasteiger partial charge in [0.2, 0.25) is 0 Å². The molecule has 0 heterocycles. The van der Waals surface area contributed by atoms with Crippen molar-refractivity contribution in [1.82, 2.24) is 0 Å². The Morgan fingerprint density at radius 3 is 2.16 bits per heavy atom. The van der Waals surface area contributed by atoms with Gasteiger partial charge in [-0.1, -0.05) is 78.9 Å². The van der Waals surface area contributed by atoms with Gasteiger partial charge in [0.15, 0.2) is 0 Å². The summed E-state index contributed by atoms with van der Waals surface area (Å²) < 4.78 is 6.00. The SMILES string of the molecule is c1ccc(CCCOCc2cc3ccccc3c3ccccc23)cc1. The number of benzene rings is 4. The van der Waals surface area contributed by atoms with Crippen LogP contribution in [0.2, 0.25) is 0 Å². The van der Waals surface area contributed by atoms with E-state index in [4.69, 9.17) is 4.74 Å². The number of hydrogen-bond acceptors (Lipinski definition) is 1. The number of fused-ring (bicyclic) bond motifs is 3. The zero-order valence-electron chi connectivity index (χ0n) is 14.3. The third-order valence-electron chi connectivity index (χ3n) is 4.71. The highest BCUT2D eigenvalue weighted by atomic mass is 16.5. The predicted octanol–water partition coefficient (Wildman–Crippen LogP) is 6.14. The minimum absolute atomic E-state index is 0.667. The number of ether oxygens (including phenoxy) is 1. The van der Waals surface area contributed by atoms with Crippen LogP contribution in [0.15, 0.2) is 84.9 Å². The van der Waals surface area contributed by atoms with Gasteiger partial charge in [0, 0.05) is 6.61 Å². The van der Waals surface area contributed by atoms with Crippen LogP contribution < -0.4 is 0 Å². The molecule has 0 fully saturated rings. The first kappa shape index (κ1) is 15.9. The van der Waals surface area contributed by atoms with Crippen LogP contribution in [-0.2, 0) is 17.8 Å². The molecule has 0 spiro atoms. The first-order valence-corrected chi connectivity index (χ1v) is 8.93. The Morgan fingerprint density at radius 2 is 1.32 bits per heavy atom. The van der Waals surface area contributed by atoms with Crippen LogP contribution in [0.5, 0.6) is 0 Å². The van der Waals surface area contributed by atoms with Gasteiger partial charge >= 0.3 is 0 Å². The van der Waals surface area contributed by atoms with Crippen molar-refractivity contribution in [2.24, 2.45) is 0 Å². The summed E-state index contributed by atoms with van der Waals surface area (Å²) in [5.74, 6) is 0. The van der Waals surface area contributed by atoms with Gasteiger partial charge in [-0.3, -0.25) is 0 Å². The summed E-state index contributed by atoms with van der Waals surface area (Å²) >= 11 is 0. The largest absolute Gasteiger partial charge is 0.377 e. The lowest BCUT2D eigenvalue weighted by molar-refractivity contribution is 0.119. The van der Waals surface area contributed by atoms with Crippen LogP contribution >= 0.6 is 0 Å². The number of rotatable bonds is 6. The molecule has 0 atom stereocenters. The van der Waals surface area contributed by atoms with Crippen molar-refractivity contribution in [1.29, 1.82) is 0 Å². The molecule has 0 bridgehead atoms. The smallest absolute Gasteiger partial charge is 0.0723 e. The lowest BCUT2D eigenvalue weighted by Gasteiger charge is -2.11. The molecule has 1 nitrogen and oxygen atoms in total. The molecular weight excluding hydrogens is 304 g/mol. The van der Waals surface area contributed by atoms with Crippen LogP contribution in [0.3, 0.4) is 0 Å². The van der Waals surface area contributed by atoms with Crippen molar-refractivity contribution in [3.8, 4) is 0 Å². The van der Waals surface area contributed by atoms with E-state index in [-0.39, 0.29) is 0 Å². The summed E-state index contributed by atoms with van der Waals surface area (Å²) in [6.07, 6.45) is 2.12. The average molecular weight is 326 g/mol. The topological polar surface area (TPSA) is 9.23 Å². The lowest BCUT2D eigenvalue weighted by atomic mass is 9.98. The average Bonchev–Trinajstić information content (AvgIpc) is 2.68. The highest BCUT2D eigenvalue weighted by Gasteiger charge is 2.06. The van der Waals surface area contributed by atoms with Gasteiger partial charge in [-0.05, 0) is 51.6 Å². The summed E-state index contributed by atoms with van der Waals surface area (Å²) in [5.41, 5.74) is 2.65. The Kier molecular flexibility index (Phi) is 4.76. The van der Waals surface area contributed by atoms with Crippen LogP contribution in [0, 0.1) is 0 Å². The highest BCUT2D eigenvalue weighted by molar-refractivity contribution is 6.08. The maximum absolute atomic E-state index is 6.00. The molecule has 0 radical (unpaired) electrons. The van der Waals surface area contributed by atoms with Crippen LogP contribution in [0.25, 0.3) is 21.5 Å². The molecule has 1 heteroatoms. The van der Waals surface area contributed by atoms with E-state index in [2.05, 4.69) is 84.9 Å². The molecule has 4 aromatic rings. The second-order valence-electron chi connectivity index (χ2n) is 6.44. The van der Waals surface area contributed by atoms with E-state index in [0.29, 0.717) is 6.61 Å². The fourth-order valence-electron chi connectivity index (χ4n) is 3.46. The quantitative estimate of drug-likeness (QED) is 0.305. The Balaban J connectivity index is 1.47. The molecule has 0 aromatic heterocycles. The Bertz CT molecular complexity index is 973. The van der Waals surface area contributed by atoms with Crippen molar-refractivity contribution >= 4 is 21.5 Å². The normalized spacial score (nSPS) is 11.2. The molecule has 25 heavy (non-hydrogen) atoms. The van der Waals surface area contributed by atoms with E-state index < -0.39 is 0 Å².